The van der Waals surface area contributed by atoms with Gasteiger partial charge in [-0.2, -0.15) is 5.10 Å². The average Bonchev–Trinajstić information content (AvgIpc) is 3.21. The van der Waals surface area contributed by atoms with Crippen LogP contribution in [0.1, 0.15) is 43.4 Å². The zero-order chi connectivity index (χ0) is 27.0. The van der Waals surface area contributed by atoms with Gasteiger partial charge in [-0.25, -0.2) is 5.01 Å². The highest BCUT2D eigenvalue weighted by molar-refractivity contribution is 6.16. The smallest absolute Gasteiger partial charge is 0.269 e. The molecule has 2 aliphatic heterocycles. The Morgan fingerprint density at radius 3 is 2.39 bits per heavy atom. The van der Waals surface area contributed by atoms with Crippen LogP contribution in [0, 0.1) is 16.0 Å². The first-order chi connectivity index (χ1) is 18.3. The number of aliphatic hydroxyl groups is 1. The van der Waals surface area contributed by atoms with Gasteiger partial charge in [0.25, 0.3) is 11.6 Å². The number of Topliss-reactive ketones (excluding diaryl/α,β-unsaturated/α-hetero) is 1. The van der Waals surface area contributed by atoms with Crippen molar-refractivity contribution >= 4 is 28.8 Å². The van der Waals surface area contributed by atoms with Crippen LogP contribution in [0.3, 0.4) is 0 Å². The molecular formula is C29H25N3O6. The third-order valence-corrected chi connectivity index (χ3v) is 6.95. The molecule has 3 atom stereocenters. The number of hydrogen-bond acceptors (Lipinski definition) is 7. The van der Waals surface area contributed by atoms with Crippen LogP contribution < -0.4 is 9.75 Å². The molecule has 1 N–H and O–H groups in total. The van der Waals surface area contributed by atoms with Crippen LogP contribution >= 0.6 is 0 Å². The van der Waals surface area contributed by atoms with Gasteiger partial charge in [0.2, 0.25) is 0 Å². The molecule has 2 aliphatic rings. The van der Waals surface area contributed by atoms with Crippen molar-refractivity contribution in [3.8, 4) is 5.75 Å². The number of nitro groups is 1. The first-order valence-corrected chi connectivity index (χ1v) is 12.1. The maximum absolute atomic E-state index is 13.7. The zero-order valence-electron chi connectivity index (χ0n) is 20.8. The summed E-state index contributed by atoms with van der Waals surface area (Å²) in [4.78, 5) is 38.1. The molecule has 3 aromatic rings. The summed E-state index contributed by atoms with van der Waals surface area (Å²) in [5.74, 6) is -1.38. The molecule has 5 rings (SSSR count). The lowest BCUT2D eigenvalue weighted by molar-refractivity contribution is -0.384. The fourth-order valence-electron chi connectivity index (χ4n) is 5.09. The lowest BCUT2D eigenvalue weighted by atomic mass is 9.78. The molecule has 0 bridgehead atoms. The number of amides is 1. The summed E-state index contributed by atoms with van der Waals surface area (Å²) < 4.78 is 5.83. The number of fused-ring (bicyclic) bond motifs is 1. The predicted molar refractivity (Wildman–Crippen MR) is 141 cm³/mol. The highest BCUT2D eigenvalue weighted by Gasteiger charge is 2.43. The van der Waals surface area contributed by atoms with Gasteiger partial charge in [0.05, 0.1) is 22.1 Å². The van der Waals surface area contributed by atoms with E-state index in [-0.39, 0.29) is 35.1 Å². The topological polar surface area (TPSA) is 122 Å². The first-order valence-electron chi connectivity index (χ1n) is 12.1. The van der Waals surface area contributed by atoms with E-state index in [1.54, 1.807) is 74.5 Å². The molecule has 38 heavy (non-hydrogen) atoms. The van der Waals surface area contributed by atoms with E-state index in [0.717, 1.165) is 0 Å². The molecule has 1 amide bonds. The largest absolute Gasteiger partial charge is 0.461 e. The molecular weight excluding hydrogens is 486 g/mol. The Kier molecular flexibility index (Phi) is 6.61. The Bertz CT molecular complexity index is 1480. The van der Waals surface area contributed by atoms with E-state index in [0.29, 0.717) is 28.3 Å². The Balaban J connectivity index is 1.51. The van der Waals surface area contributed by atoms with E-state index in [2.05, 4.69) is 5.10 Å². The van der Waals surface area contributed by atoms with E-state index in [1.165, 1.54) is 17.1 Å². The lowest BCUT2D eigenvalue weighted by Gasteiger charge is -2.28. The summed E-state index contributed by atoms with van der Waals surface area (Å²) >= 11 is 0. The van der Waals surface area contributed by atoms with Gasteiger partial charge in [-0.3, -0.25) is 19.7 Å². The van der Waals surface area contributed by atoms with Crippen molar-refractivity contribution in [2.75, 3.05) is 5.01 Å². The van der Waals surface area contributed by atoms with Crippen molar-refractivity contribution in [3.63, 3.8) is 0 Å². The molecule has 3 unspecified atom stereocenters. The minimum absolute atomic E-state index is 0.0980. The van der Waals surface area contributed by atoms with Crippen molar-refractivity contribution in [2.24, 2.45) is 11.0 Å². The summed E-state index contributed by atoms with van der Waals surface area (Å²) in [6.45, 7) is 3.35. The highest BCUT2D eigenvalue weighted by atomic mass is 16.6. The number of ketones is 1. The standard InChI is InChI=1S/C29H25N3O6/c1-17-26(29(35)31(30-17)20-8-4-3-5-9-20)23(19-12-14-21(15-13-19)32(36)37)16-24(33)27-18(2)38-25-11-7-6-10-22(25)28(27)34/h3-15,23,26,28,34H,16H2,1-2H3. The van der Waals surface area contributed by atoms with E-state index in [1.807, 2.05) is 6.07 Å². The van der Waals surface area contributed by atoms with Crippen molar-refractivity contribution in [3.05, 3.63) is 111 Å². The van der Waals surface area contributed by atoms with Crippen molar-refractivity contribution in [2.45, 2.75) is 32.3 Å². The number of aliphatic hydroxyl groups excluding tert-OH is 1. The third-order valence-electron chi connectivity index (χ3n) is 6.95. The number of hydrogen-bond donors (Lipinski definition) is 1. The molecule has 0 radical (unpaired) electrons. The maximum atomic E-state index is 13.7. The van der Waals surface area contributed by atoms with E-state index in [9.17, 15) is 24.8 Å². The number of carbonyl (C=O) groups excluding carboxylic acids is 2. The molecule has 3 aromatic carbocycles. The van der Waals surface area contributed by atoms with Gasteiger partial charge in [-0.15, -0.1) is 0 Å². The van der Waals surface area contributed by atoms with Crippen LogP contribution in [-0.4, -0.2) is 27.4 Å². The molecule has 0 spiro atoms. The fraction of sp³-hybridized carbons (Fsp3) is 0.207. The summed E-state index contributed by atoms with van der Waals surface area (Å²) in [5, 5.41) is 28.1. The van der Waals surface area contributed by atoms with Gasteiger partial charge in [-0.05, 0) is 37.6 Å². The van der Waals surface area contributed by atoms with Crippen LogP contribution in [0.15, 0.2) is 95.3 Å². The monoisotopic (exact) mass is 511 g/mol. The van der Waals surface area contributed by atoms with E-state index < -0.39 is 22.9 Å². The number of ether oxygens (including phenoxy) is 1. The Hall–Kier alpha value is -4.63. The molecule has 0 fully saturated rings. The second-order valence-electron chi connectivity index (χ2n) is 9.30. The number of anilines is 1. The summed E-state index contributed by atoms with van der Waals surface area (Å²) in [6.07, 6.45) is -1.32. The minimum atomic E-state index is -1.18. The van der Waals surface area contributed by atoms with Gasteiger partial charge < -0.3 is 9.84 Å². The van der Waals surface area contributed by atoms with Crippen LogP contribution in [-0.2, 0) is 9.59 Å². The molecule has 2 heterocycles. The van der Waals surface area contributed by atoms with Crippen LogP contribution in [0.2, 0.25) is 0 Å². The summed E-state index contributed by atoms with van der Waals surface area (Å²) in [6, 6.07) is 21.8. The summed E-state index contributed by atoms with van der Waals surface area (Å²) in [7, 11) is 0. The lowest BCUT2D eigenvalue weighted by Crippen LogP contribution is -2.33. The Morgan fingerprint density at radius 2 is 1.71 bits per heavy atom. The SMILES string of the molecule is CC1=NN(c2ccccc2)C(=O)C1C(CC(=O)C1=C(C)Oc2ccccc2C1O)c1ccc([N+](=O)[O-])cc1. The maximum Gasteiger partial charge on any atom is 0.269 e. The van der Waals surface area contributed by atoms with Gasteiger partial charge in [0.1, 0.15) is 17.6 Å². The second kappa shape index (κ2) is 10.0. The Morgan fingerprint density at radius 1 is 1.05 bits per heavy atom. The summed E-state index contributed by atoms with van der Waals surface area (Å²) in [5.41, 5.74) is 2.20. The van der Waals surface area contributed by atoms with Gasteiger partial charge in [-0.1, -0.05) is 48.5 Å². The number of benzene rings is 3. The number of allylic oxidation sites excluding steroid dienone is 1. The highest BCUT2D eigenvalue weighted by Crippen LogP contribution is 2.42. The molecule has 192 valence electrons. The van der Waals surface area contributed by atoms with Gasteiger partial charge >= 0.3 is 0 Å². The average molecular weight is 512 g/mol. The van der Waals surface area contributed by atoms with Crippen LogP contribution in [0.25, 0.3) is 0 Å². The van der Waals surface area contributed by atoms with Crippen LogP contribution in [0.4, 0.5) is 11.4 Å². The molecule has 0 saturated heterocycles. The Labute approximate surface area is 218 Å². The van der Waals surface area contributed by atoms with Crippen molar-refractivity contribution in [1.29, 1.82) is 0 Å². The molecule has 0 saturated carbocycles. The molecule has 0 aliphatic carbocycles. The number of non-ortho nitro benzene ring substituents is 1. The van der Waals surface area contributed by atoms with Gasteiger partial charge in [0, 0.05) is 35.7 Å². The third kappa shape index (κ3) is 4.48. The number of para-hydroxylation sites is 2. The fourth-order valence-corrected chi connectivity index (χ4v) is 5.09. The number of nitro benzene ring substituents is 1. The minimum Gasteiger partial charge on any atom is -0.461 e. The molecule has 9 heteroatoms. The van der Waals surface area contributed by atoms with Crippen molar-refractivity contribution in [1.82, 2.24) is 0 Å². The molecule has 0 aromatic heterocycles. The van der Waals surface area contributed by atoms with E-state index in [4.69, 9.17) is 4.74 Å². The van der Waals surface area contributed by atoms with Crippen LogP contribution in [0.5, 0.6) is 5.75 Å². The zero-order valence-corrected chi connectivity index (χ0v) is 20.8. The number of nitrogens with zero attached hydrogens (tertiary/aromatic N) is 3. The quantitative estimate of drug-likeness (QED) is 0.349. The normalized spacial score (nSPS) is 19.5. The number of carbonyl (C=O) groups is 2. The molecule has 9 nitrogen and oxygen atoms in total. The van der Waals surface area contributed by atoms with E-state index >= 15 is 0 Å². The van der Waals surface area contributed by atoms with Crippen molar-refractivity contribution < 1.29 is 24.4 Å². The second-order valence-corrected chi connectivity index (χ2v) is 9.30. The predicted octanol–water partition coefficient (Wildman–Crippen LogP) is 5.08. The first kappa shape index (κ1) is 25.0. The number of rotatable bonds is 7. The number of hydrazone groups is 1. The van der Waals surface area contributed by atoms with Gasteiger partial charge in [0.15, 0.2) is 5.78 Å².